The molecule has 0 atom stereocenters. The molecule has 1 nitrogen and oxygen atoms in total. The number of rotatable bonds is 6. The molecule has 0 saturated heterocycles. The summed E-state index contributed by atoms with van der Waals surface area (Å²) < 4.78 is 2.55. The normalized spacial score (nSPS) is 12.8. The molecule has 15 aromatic rings. The van der Waals surface area contributed by atoms with Crippen molar-refractivity contribution in [3.8, 4) is 50.2 Å². The zero-order valence-electron chi connectivity index (χ0n) is 41.6. The number of benzene rings is 14. The van der Waals surface area contributed by atoms with Gasteiger partial charge in [0.15, 0.2) is 8.07 Å². The standard InChI is InChI=1S/C74H47NSi/c1-3-22-55(23-4-1)76(56-24-5-2-6-25-56)73-46-53(58-33-17-21-48-18-7-10-26-57(48)58)34-38-65(73)66-39-37-54(47-74(66)76)75-71-40-35-51(67-42-49-19-8-11-27-59(49)61-29-13-15-31-63(61)67)44-69(71)70-45-52(36-41-72(70)75)68-43-50-20-9-12-28-60(50)62-30-14-16-32-64(62)68/h1-47H. The van der Waals surface area contributed by atoms with Gasteiger partial charge in [0.2, 0.25) is 0 Å². The molecule has 1 aromatic heterocycles. The molecule has 2 heterocycles. The van der Waals surface area contributed by atoms with E-state index in [1.807, 2.05) is 0 Å². The zero-order chi connectivity index (χ0) is 49.9. The average molecular weight is 978 g/mol. The molecule has 0 aliphatic carbocycles. The summed E-state index contributed by atoms with van der Waals surface area (Å²) in [7, 11) is -2.95. The van der Waals surface area contributed by atoms with Crippen molar-refractivity contribution in [1.29, 1.82) is 0 Å². The Bertz CT molecular complexity index is 4650. The second kappa shape index (κ2) is 16.7. The van der Waals surface area contributed by atoms with Crippen molar-refractivity contribution >= 4 is 104 Å². The first kappa shape index (κ1) is 42.9. The molecule has 76 heavy (non-hydrogen) atoms. The van der Waals surface area contributed by atoms with Gasteiger partial charge in [0.25, 0.3) is 0 Å². The van der Waals surface area contributed by atoms with Crippen molar-refractivity contribution in [2.45, 2.75) is 0 Å². The smallest absolute Gasteiger partial charge is 0.180 e. The fraction of sp³-hybridized carbons (Fsp3) is 0. The van der Waals surface area contributed by atoms with E-state index in [-0.39, 0.29) is 0 Å². The minimum Gasteiger partial charge on any atom is -0.309 e. The van der Waals surface area contributed by atoms with Gasteiger partial charge in [0, 0.05) is 16.5 Å². The van der Waals surface area contributed by atoms with E-state index in [2.05, 4.69) is 290 Å². The van der Waals surface area contributed by atoms with Crippen LogP contribution in [-0.2, 0) is 0 Å². The van der Waals surface area contributed by atoms with Crippen molar-refractivity contribution in [2.24, 2.45) is 0 Å². The fourth-order valence-corrected chi connectivity index (χ4v) is 18.7. The minimum atomic E-state index is -2.95. The number of hydrogen-bond donors (Lipinski definition) is 0. The predicted molar refractivity (Wildman–Crippen MR) is 327 cm³/mol. The average Bonchev–Trinajstić information content (AvgIpc) is 4.06. The van der Waals surface area contributed by atoms with Crippen LogP contribution in [0.2, 0.25) is 0 Å². The second-order valence-corrected chi connectivity index (χ2v) is 24.4. The number of hydrogen-bond acceptors (Lipinski definition) is 0. The third-order valence-electron chi connectivity index (χ3n) is 16.8. The van der Waals surface area contributed by atoms with Crippen LogP contribution >= 0.6 is 0 Å². The van der Waals surface area contributed by atoms with Crippen molar-refractivity contribution < 1.29 is 0 Å². The Morgan fingerprint density at radius 3 is 1.21 bits per heavy atom. The molecule has 16 rings (SSSR count). The number of fused-ring (bicyclic) bond motifs is 13. The lowest BCUT2D eigenvalue weighted by molar-refractivity contribution is 1.18. The number of aromatic nitrogens is 1. The maximum absolute atomic E-state index is 2.95. The largest absolute Gasteiger partial charge is 0.309 e. The van der Waals surface area contributed by atoms with Crippen molar-refractivity contribution in [3.05, 3.63) is 285 Å². The van der Waals surface area contributed by atoms with Gasteiger partial charge in [-0.05, 0) is 168 Å². The third kappa shape index (κ3) is 6.26. The summed E-state index contributed by atoms with van der Waals surface area (Å²) in [4.78, 5) is 0. The molecule has 0 N–H and O–H groups in total. The van der Waals surface area contributed by atoms with Crippen LogP contribution in [-0.4, -0.2) is 12.6 Å². The quantitative estimate of drug-likeness (QED) is 0.116. The Balaban J connectivity index is 0.969. The summed E-state index contributed by atoms with van der Waals surface area (Å²) in [5.41, 5.74) is 13.6. The molecule has 352 valence electrons. The highest BCUT2D eigenvalue weighted by atomic mass is 28.3. The highest BCUT2D eigenvalue weighted by Crippen LogP contribution is 2.43. The lowest BCUT2D eigenvalue weighted by Crippen LogP contribution is -2.72. The van der Waals surface area contributed by atoms with Gasteiger partial charge in [0.1, 0.15) is 0 Å². The third-order valence-corrected chi connectivity index (χ3v) is 21.7. The van der Waals surface area contributed by atoms with Crippen LogP contribution < -0.4 is 20.7 Å². The first-order valence-electron chi connectivity index (χ1n) is 26.5. The van der Waals surface area contributed by atoms with E-state index in [1.54, 1.807) is 0 Å². The molecule has 0 unspecified atom stereocenters. The molecule has 2 heteroatoms. The Kier molecular flexibility index (Phi) is 9.42. The van der Waals surface area contributed by atoms with Crippen molar-refractivity contribution in [2.75, 3.05) is 0 Å². The van der Waals surface area contributed by atoms with E-state index in [0.717, 1.165) is 5.69 Å². The SMILES string of the molecule is c1ccc([Si]2(c3ccccc3)c3cc(-c4cccc5ccccc45)ccc3-c3ccc(-n4c5ccc(-c6cc7ccccc7c7ccccc67)cc5c5cc(-c6cc7ccccc7c7ccccc67)ccc54)cc32)cc1. The summed E-state index contributed by atoms with van der Waals surface area (Å²) in [6.45, 7) is 0. The molecular weight excluding hydrogens is 931 g/mol. The summed E-state index contributed by atoms with van der Waals surface area (Å²) in [5, 5.41) is 20.7. The summed E-state index contributed by atoms with van der Waals surface area (Å²) in [6, 6.07) is 108. The van der Waals surface area contributed by atoms with Crippen LogP contribution in [0.3, 0.4) is 0 Å². The summed E-state index contributed by atoms with van der Waals surface area (Å²) in [6.07, 6.45) is 0. The molecule has 0 amide bonds. The Morgan fingerprint density at radius 2 is 0.645 bits per heavy atom. The molecule has 0 fully saturated rings. The first-order valence-corrected chi connectivity index (χ1v) is 28.5. The van der Waals surface area contributed by atoms with Gasteiger partial charge >= 0.3 is 0 Å². The van der Waals surface area contributed by atoms with E-state index in [9.17, 15) is 0 Å². The fourth-order valence-electron chi connectivity index (χ4n) is 13.5. The van der Waals surface area contributed by atoms with Gasteiger partial charge < -0.3 is 4.57 Å². The van der Waals surface area contributed by atoms with Crippen LogP contribution in [0.4, 0.5) is 0 Å². The molecule has 0 radical (unpaired) electrons. The maximum Gasteiger partial charge on any atom is 0.180 e. The molecule has 1 aliphatic rings. The predicted octanol–water partition coefficient (Wildman–Crippen LogP) is 16.9. The topological polar surface area (TPSA) is 4.93 Å². The molecule has 0 bridgehead atoms. The number of nitrogens with zero attached hydrogens (tertiary/aromatic N) is 1. The van der Waals surface area contributed by atoms with E-state index in [1.165, 1.54) is 141 Å². The van der Waals surface area contributed by atoms with Crippen LogP contribution in [0, 0.1) is 0 Å². The van der Waals surface area contributed by atoms with Crippen LogP contribution in [0.15, 0.2) is 285 Å². The van der Waals surface area contributed by atoms with Crippen LogP contribution in [0.5, 0.6) is 0 Å². The van der Waals surface area contributed by atoms with Gasteiger partial charge in [-0.2, -0.15) is 0 Å². The van der Waals surface area contributed by atoms with Gasteiger partial charge in [0.05, 0.1) is 11.0 Å². The molecular formula is C74H47NSi. The van der Waals surface area contributed by atoms with Gasteiger partial charge in [-0.1, -0.05) is 237 Å². The second-order valence-electron chi connectivity index (χ2n) is 20.7. The molecule has 0 saturated carbocycles. The van der Waals surface area contributed by atoms with E-state index >= 15 is 0 Å². The van der Waals surface area contributed by atoms with Crippen molar-refractivity contribution in [3.63, 3.8) is 0 Å². The lowest BCUT2D eigenvalue weighted by Gasteiger charge is -2.32. The van der Waals surface area contributed by atoms with E-state index < -0.39 is 8.07 Å². The van der Waals surface area contributed by atoms with Crippen molar-refractivity contribution in [1.82, 2.24) is 4.57 Å². The van der Waals surface area contributed by atoms with E-state index in [4.69, 9.17) is 0 Å². The Labute approximate surface area is 441 Å². The van der Waals surface area contributed by atoms with Gasteiger partial charge in [-0.15, -0.1) is 0 Å². The van der Waals surface area contributed by atoms with Crippen LogP contribution in [0.25, 0.3) is 126 Å². The van der Waals surface area contributed by atoms with Crippen LogP contribution in [0.1, 0.15) is 0 Å². The monoisotopic (exact) mass is 977 g/mol. The van der Waals surface area contributed by atoms with Gasteiger partial charge in [-0.25, -0.2) is 0 Å². The van der Waals surface area contributed by atoms with E-state index in [0.29, 0.717) is 0 Å². The Morgan fingerprint density at radius 1 is 0.224 bits per heavy atom. The summed E-state index contributed by atoms with van der Waals surface area (Å²) >= 11 is 0. The highest BCUT2D eigenvalue weighted by molar-refractivity contribution is 7.22. The lowest BCUT2D eigenvalue weighted by atomic mass is 9.92. The zero-order valence-corrected chi connectivity index (χ0v) is 42.6. The maximum atomic E-state index is 2.58. The molecule has 1 aliphatic heterocycles. The molecule has 14 aromatic carbocycles. The summed E-state index contributed by atoms with van der Waals surface area (Å²) in [5.74, 6) is 0. The van der Waals surface area contributed by atoms with Gasteiger partial charge in [-0.3, -0.25) is 0 Å². The first-order chi connectivity index (χ1) is 37.7. The molecule has 0 spiro atoms. The minimum absolute atomic E-state index is 1.16. The highest BCUT2D eigenvalue weighted by Gasteiger charge is 2.49. The Hall–Kier alpha value is -9.60.